The molecule has 5 nitrogen and oxygen atoms in total. The van der Waals surface area contributed by atoms with Crippen LogP contribution in [0.1, 0.15) is 16.8 Å². The number of Topliss-reactive ketones (excluding diaryl/α,β-unsaturated/α-hetero) is 1. The molecule has 3 aliphatic rings. The van der Waals surface area contributed by atoms with Crippen molar-refractivity contribution in [1.29, 1.82) is 0 Å². The van der Waals surface area contributed by atoms with Crippen LogP contribution in [0.2, 0.25) is 0 Å². The fraction of sp³-hybridized carbons (Fsp3) is 0.375. The SMILES string of the molecule is O=C1C=CC2(C3OCCO3)C(=O)c3ccccc3OC2C1. The van der Waals surface area contributed by atoms with Crippen molar-refractivity contribution in [3.8, 4) is 5.75 Å². The van der Waals surface area contributed by atoms with E-state index in [4.69, 9.17) is 14.2 Å². The van der Waals surface area contributed by atoms with E-state index in [1.165, 1.54) is 6.08 Å². The molecule has 0 spiro atoms. The average Bonchev–Trinajstić information content (AvgIpc) is 3.02. The van der Waals surface area contributed by atoms with Crippen molar-refractivity contribution in [3.63, 3.8) is 0 Å². The first-order valence-corrected chi connectivity index (χ1v) is 6.97. The van der Waals surface area contributed by atoms with E-state index >= 15 is 0 Å². The molecule has 2 aliphatic heterocycles. The molecule has 0 saturated carbocycles. The maximum atomic E-state index is 13.1. The Labute approximate surface area is 121 Å². The average molecular weight is 286 g/mol. The van der Waals surface area contributed by atoms with Crippen LogP contribution in [-0.2, 0) is 14.3 Å². The Balaban J connectivity index is 1.88. The van der Waals surface area contributed by atoms with Crippen LogP contribution in [-0.4, -0.2) is 37.2 Å². The van der Waals surface area contributed by atoms with Crippen molar-refractivity contribution in [1.82, 2.24) is 0 Å². The second-order valence-corrected chi connectivity index (χ2v) is 5.44. The molecule has 2 heterocycles. The maximum absolute atomic E-state index is 13.1. The zero-order valence-corrected chi connectivity index (χ0v) is 11.3. The van der Waals surface area contributed by atoms with Gasteiger partial charge in [0.25, 0.3) is 0 Å². The van der Waals surface area contributed by atoms with Crippen molar-refractivity contribution in [2.24, 2.45) is 5.41 Å². The minimum atomic E-state index is -1.07. The van der Waals surface area contributed by atoms with Gasteiger partial charge in [-0.15, -0.1) is 0 Å². The van der Waals surface area contributed by atoms with E-state index in [9.17, 15) is 9.59 Å². The molecule has 4 rings (SSSR count). The monoisotopic (exact) mass is 286 g/mol. The molecule has 1 fully saturated rings. The van der Waals surface area contributed by atoms with Gasteiger partial charge in [0.15, 0.2) is 17.9 Å². The molecule has 108 valence electrons. The first-order chi connectivity index (χ1) is 10.2. The standard InChI is InChI=1S/C16H14O5/c17-10-5-6-16(15-19-7-8-20-15)13(9-10)21-12-4-2-1-3-11(12)14(16)18/h1-6,13,15H,7-9H2. The predicted octanol–water partition coefficient (Wildman–Crippen LogP) is 1.52. The lowest BCUT2D eigenvalue weighted by molar-refractivity contribution is -0.141. The Bertz CT molecular complexity index is 644. The van der Waals surface area contributed by atoms with Crippen molar-refractivity contribution < 1.29 is 23.8 Å². The van der Waals surface area contributed by atoms with E-state index < -0.39 is 17.8 Å². The summed E-state index contributed by atoms with van der Waals surface area (Å²) in [7, 11) is 0. The Morgan fingerprint density at radius 1 is 1.10 bits per heavy atom. The highest BCUT2D eigenvalue weighted by molar-refractivity contribution is 6.08. The molecule has 5 heteroatoms. The number of ketones is 2. The van der Waals surface area contributed by atoms with Crippen molar-refractivity contribution >= 4 is 11.6 Å². The molecule has 0 amide bonds. The number of allylic oxidation sites excluding steroid dienone is 1. The molecule has 1 aromatic carbocycles. The quantitative estimate of drug-likeness (QED) is 0.783. The van der Waals surface area contributed by atoms with Crippen LogP contribution >= 0.6 is 0 Å². The summed E-state index contributed by atoms with van der Waals surface area (Å²) in [5.41, 5.74) is -0.564. The molecule has 21 heavy (non-hydrogen) atoms. The van der Waals surface area contributed by atoms with Gasteiger partial charge in [-0.3, -0.25) is 9.59 Å². The van der Waals surface area contributed by atoms with Gasteiger partial charge >= 0.3 is 0 Å². The highest BCUT2D eigenvalue weighted by Crippen LogP contribution is 2.47. The topological polar surface area (TPSA) is 61.8 Å². The molecule has 0 bridgehead atoms. The first kappa shape index (κ1) is 12.7. The van der Waals surface area contributed by atoms with E-state index in [0.717, 1.165) is 0 Å². The second-order valence-electron chi connectivity index (χ2n) is 5.44. The zero-order chi connectivity index (χ0) is 14.4. The number of fused-ring (bicyclic) bond motifs is 2. The molecule has 1 saturated heterocycles. The molecule has 1 aromatic rings. The van der Waals surface area contributed by atoms with Crippen molar-refractivity contribution in [2.45, 2.75) is 18.8 Å². The molecule has 2 atom stereocenters. The second kappa shape index (κ2) is 4.51. The van der Waals surface area contributed by atoms with Crippen LogP contribution in [0.3, 0.4) is 0 Å². The number of para-hydroxylation sites is 1. The van der Waals surface area contributed by atoms with Gasteiger partial charge in [-0.1, -0.05) is 18.2 Å². The van der Waals surface area contributed by atoms with Crippen LogP contribution < -0.4 is 4.74 Å². The smallest absolute Gasteiger partial charge is 0.185 e. The third-order valence-electron chi connectivity index (χ3n) is 4.27. The summed E-state index contributed by atoms with van der Waals surface area (Å²) in [5.74, 6) is 0.357. The number of ether oxygens (including phenoxy) is 3. The van der Waals surface area contributed by atoms with Gasteiger partial charge in [-0.2, -0.15) is 0 Å². The largest absolute Gasteiger partial charge is 0.488 e. The normalized spacial score (nSPS) is 31.7. The van der Waals surface area contributed by atoms with Gasteiger partial charge in [0.1, 0.15) is 17.3 Å². The van der Waals surface area contributed by atoms with E-state index in [1.807, 2.05) is 6.07 Å². The van der Waals surface area contributed by atoms with E-state index in [0.29, 0.717) is 24.5 Å². The summed E-state index contributed by atoms with van der Waals surface area (Å²) in [6, 6.07) is 7.08. The minimum absolute atomic E-state index is 0.0548. The molecule has 0 aromatic heterocycles. The summed E-state index contributed by atoms with van der Waals surface area (Å²) in [5, 5.41) is 0. The van der Waals surface area contributed by atoms with Crippen LogP contribution in [0, 0.1) is 5.41 Å². The molecule has 2 unspecified atom stereocenters. The number of rotatable bonds is 1. The van der Waals surface area contributed by atoms with E-state index in [2.05, 4.69) is 0 Å². The number of hydrogen-bond donors (Lipinski definition) is 0. The van der Waals surface area contributed by atoms with Crippen molar-refractivity contribution in [3.05, 3.63) is 42.0 Å². The molecule has 0 radical (unpaired) electrons. The lowest BCUT2D eigenvalue weighted by Crippen LogP contribution is -2.57. The lowest BCUT2D eigenvalue weighted by atomic mass is 9.68. The Morgan fingerprint density at radius 3 is 2.67 bits per heavy atom. The summed E-state index contributed by atoms with van der Waals surface area (Å²) in [6.07, 6.45) is 1.92. The Hall–Kier alpha value is -1.98. The summed E-state index contributed by atoms with van der Waals surface area (Å²) in [6.45, 7) is 0.881. The molecular weight excluding hydrogens is 272 g/mol. The summed E-state index contributed by atoms with van der Waals surface area (Å²) < 4.78 is 17.1. The Kier molecular flexibility index (Phi) is 2.74. The fourth-order valence-electron chi connectivity index (χ4n) is 3.23. The number of benzene rings is 1. The summed E-state index contributed by atoms with van der Waals surface area (Å²) >= 11 is 0. The highest BCUT2D eigenvalue weighted by Gasteiger charge is 2.58. The van der Waals surface area contributed by atoms with Gasteiger partial charge < -0.3 is 14.2 Å². The maximum Gasteiger partial charge on any atom is 0.185 e. The Morgan fingerprint density at radius 2 is 1.86 bits per heavy atom. The minimum Gasteiger partial charge on any atom is -0.488 e. The van der Waals surface area contributed by atoms with Gasteiger partial charge in [0.2, 0.25) is 0 Å². The third-order valence-corrected chi connectivity index (χ3v) is 4.27. The molecular formula is C16H14O5. The first-order valence-electron chi connectivity index (χ1n) is 6.97. The van der Waals surface area contributed by atoms with Crippen molar-refractivity contribution in [2.75, 3.05) is 13.2 Å². The van der Waals surface area contributed by atoms with Gasteiger partial charge in [-0.25, -0.2) is 0 Å². The molecule has 0 N–H and O–H groups in total. The van der Waals surface area contributed by atoms with Crippen LogP contribution in [0.5, 0.6) is 5.75 Å². The van der Waals surface area contributed by atoms with E-state index in [1.54, 1.807) is 24.3 Å². The van der Waals surface area contributed by atoms with Crippen LogP contribution in [0.4, 0.5) is 0 Å². The highest BCUT2D eigenvalue weighted by atomic mass is 16.7. The molecule has 1 aliphatic carbocycles. The van der Waals surface area contributed by atoms with E-state index in [-0.39, 0.29) is 18.0 Å². The predicted molar refractivity (Wildman–Crippen MR) is 72.1 cm³/mol. The van der Waals surface area contributed by atoms with Gasteiger partial charge in [0.05, 0.1) is 18.8 Å². The lowest BCUT2D eigenvalue weighted by Gasteiger charge is -2.44. The van der Waals surface area contributed by atoms with Gasteiger partial charge in [0, 0.05) is 6.42 Å². The van der Waals surface area contributed by atoms with Crippen LogP contribution in [0.15, 0.2) is 36.4 Å². The van der Waals surface area contributed by atoms with Crippen LogP contribution in [0.25, 0.3) is 0 Å². The third kappa shape index (κ3) is 1.71. The number of carbonyl (C=O) groups excluding carboxylic acids is 2. The number of carbonyl (C=O) groups is 2. The fourth-order valence-corrected chi connectivity index (χ4v) is 3.23. The number of hydrogen-bond acceptors (Lipinski definition) is 5. The van der Waals surface area contributed by atoms with Gasteiger partial charge in [-0.05, 0) is 18.2 Å². The zero-order valence-electron chi connectivity index (χ0n) is 11.3. The summed E-state index contributed by atoms with van der Waals surface area (Å²) in [4.78, 5) is 24.8.